The van der Waals surface area contributed by atoms with Gasteiger partial charge in [0, 0.05) is 11.4 Å². The standard InChI is InChI=1S/C26H31N3O3/c1-3-21(18-29-24(30)23-10-6-5-9-19(23)17-27-29)28-25(31)26(15-7-4-8-16-26)20-11-13-22(32-2)14-12-20/h5-6,9-14,17,21H,3-4,7-8,15-16,18H2,1-2H3,(H,28,31)/t21-/m1/s1. The van der Waals surface area contributed by atoms with Crippen LogP contribution in [0.25, 0.3) is 10.8 Å². The Morgan fingerprint density at radius 2 is 1.84 bits per heavy atom. The second-order valence-corrected chi connectivity index (χ2v) is 8.67. The van der Waals surface area contributed by atoms with E-state index >= 15 is 0 Å². The zero-order valence-electron chi connectivity index (χ0n) is 18.8. The molecule has 0 aliphatic heterocycles. The van der Waals surface area contributed by atoms with Crippen LogP contribution in [0.5, 0.6) is 5.75 Å². The molecule has 168 valence electrons. The van der Waals surface area contributed by atoms with E-state index in [1.807, 2.05) is 55.5 Å². The summed E-state index contributed by atoms with van der Waals surface area (Å²) in [6.45, 7) is 2.38. The van der Waals surface area contributed by atoms with Gasteiger partial charge in [-0.3, -0.25) is 9.59 Å². The van der Waals surface area contributed by atoms with Crippen molar-refractivity contribution in [3.8, 4) is 5.75 Å². The zero-order valence-corrected chi connectivity index (χ0v) is 18.8. The molecule has 4 rings (SSSR count). The summed E-state index contributed by atoms with van der Waals surface area (Å²) in [5.74, 6) is 0.830. The minimum atomic E-state index is -0.542. The van der Waals surface area contributed by atoms with E-state index in [4.69, 9.17) is 4.74 Å². The highest BCUT2D eigenvalue weighted by atomic mass is 16.5. The number of hydrogen-bond donors (Lipinski definition) is 1. The first-order chi connectivity index (χ1) is 15.6. The van der Waals surface area contributed by atoms with Gasteiger partial charge in [0.15, 0.2) is 0 Å². The molecular formula is C26H31N3O3. The molecule has 1 saturated carbocycles. The van der Waals surface area contributed by atoms with Crippen molar-refractivity contribution in [2.45, 2.75) is 63.5 Å². The Balaban J connectivity index is 1.58. The quantitative estimate of drug-likeness (QED) is 0.606. The largest absolute Gasteiger partial charge is 0.497 e. The van der Waals surface area contributed by atoms with E-state index in [0.29, 0.717) is 18.4 Å². The van der Waals surface area contributed by atoms with Gasteiger partial charge in [-0.2, -0.15) is 5.10 Å². The van der Waals surface area contributed by atoms with Crippen LogP contribution in [0.15, 0.2) is 59.5 Å². The van der Waals surface area contributed by atoms with Gasteiger partial charge in [-0.05, 0) is 43.0 Å². The number of carbonyl (C=O) groups excluding carboxylic acids is 1. The summed E-state index contributed by atoms with van der Waals surface area (Å²) in [5.41, 5.74) is 0.365. The number of amides is 1. The third-order valence-corrected chi connectivity index (χ3v) is 6.77. The second-order valence-electron chi connectivity index (χ2n) is 8.67. The maximum atomic E-state index is 13.7. The first-order valence-electron chi connectivity index (χ1n) is 11.5. The molecule has 0 radical (unpaired) electrons. The Morgan fingerprint density at radius 1 is 1.12 bits per heavy atom. The summed E-state index contributed by atoms with van der Waals surface area (Å²) < 4.78 is 6.77. The third-order valence-electron chi connectivity index (χ3n) is 6.77. The van der Waals surface area contributed by atoms with Crippen LogP contribution in [-0.2, 0) is 16.8 Å². The molecule has 1 fully saturated rings. The zero-order chi connectivity index (χ0) is 22.6. The highest BCUT2D eigenvalue weighted by Crippen LogP contribution is 2.40. The summed E-state index contributed by atoms with van der Waals surface area (Å²) in [5, 5.41) is 9.08. The number of methoxy groups -OCH3 is 1. The Bertz CT molecular complexity index is 1130. The fourth-order valence-electron chi connectivity index (χ4n) is 4.78. The van der Waals surface area contributed by atoms with Gasteiger partial charge in [0.05, 0.1) is 30.7 Å². The Labute approximate surface area is 188 Å². The van der Waals surface area contributed by atoms with E-state index in [-0.39, 0.29) is 17.5 Å². The molecule has 0 unspecified atom stereocenters. The topological polar surface area (TPSA) is 73.2 Å². The van der Waals surface area contributed by atoms with Crippen LogP contribution in [0.1, 0.15) is 51.0 Å². The third kappa shape index (κ3) is 4.27. The van der Waals surface area contributed by atoms with Crippen LogP contribution in [0, 0.1) is 0 Å². The molecule has 6 nitrogen and oxygen atoms in total. The van der Waals surface area contributed by atoms with Crippen molar-refractivity contribution in [2.24, 2.45) is 0 Å². The number of nitrogens with zero attached hydrogens (tertiary/aromatic N) is 2. The summed E-state index contributed by atoms with van der Waals surface area (Å²) >= 11 is 0. The first-order valence-corrected chi connectivity index (χ1v) is 11.5. The second kappa shape index (κ2) is 9.55. The Kier molecular flexibility index (Phi) is 6.58. The predicted octanol–water partition coefficient (Wildman–Crippen LogP) is 4.20. The van der Waals surface area contributed by atoms with E-state index in [2.05, 4.69) is 10.4 Å². The molecule has 0 bridgehead atoms. The minimum absolute atomic E-state index is 0.0445. The lowest BCUT2D eigenvalue weighted by atomic mass is 9.68. The van der Waals surface area contributed by atoms with Gasteiger partial charge in [-0.1, -0.05) is 56.5 Å². The van der Waals surface area contributed by atoms with Crippen molar-refractivity contribution in [3.63, 3.8) is 0 Å². The van der Waals surface area contributed by atoms with Crippen LogP contribution in [-0.4, -0.2) is 28.8 Å². The monoisotopic (exact) mass is 433 g/mol. The fraction of sp³-hybridized carbons (Fsp3) is 0.423. The highest BCUT2D eigenvalue weighted by molar-refractivity contribution is 5.88. The number of nitrogens with one attached hydrogen (secondary N) is 1. The summed E-state index contributed by atoms with van der Waals surface area (Å²) in [7, 11) is 1.65. The summed E-state index contributed by atoms with van der Waals surface area (Å²) in [4.78, 5) is 26.6. The van der Waals surface area contributed by atoms with Gasteiger partial charge in [0.1, 0.15) is 5.75 Å². The predicted molar refractivity (Wildman–Crippen MR) is 126 cm³/mol. The van der Waals surface area contributed by atoms with Gasteiger partial charge < -0.3 is 10.1 Å². The molecule has 1 N–H and O–H groups in total. The number of aromatic nitrogens is 2. The van der Waals surface area contributed by atoms with Crippen LogP contribution < -0.4 is 15.6 Å². The maximum Gasteiger partial charge on any atom is 0.274 e. The molecule has 1 heterocycles. The Morgan fingerprint density at radius 3 is 2.53 bits per heavy atom. The van der Waals surface area contributed by atoms with E-state index in [0.717, 1.165) is 48.8 Å². The number of benzene rings is 2. The minimum Gasteiger partial charge on any atom is -0.497 e. The fourth-order valence-corrected chi connectivity index (χ4v) is 4.78. The van der Waals surface area contributed by atoms with Crippen molar-refractivity contribution in [3.05, 3.63) is 70.6 Å². The van der Waals surface area contributed by atoms with E-state index in [1.165, 1.54) is 4.68 Å². The average molecular weight is 434 g/mol. The van der Waals surface area contributed by atoms with Crippen molar-refractivity contribution in [1.82, 2.24) is 15.1 Å². The molecule has 0 saturated heterocycles. The molecule has 1 aliphatic rings. The lowest BCUT2D eigenvalue weighted by Crippen LogP contribution is -2.50. The van der Waals surface area contributed by atoms with Gasteiger partial charge in [-0.25, -0.2) is 4.68 Å². The Hall–Kier alpha value is -3.15. The van der Waals surface area contributed by atoms with E-state index in [1.54, 1.807) is 13.3 Å². The van der Waals surface area contributed by atoms with Gasteiger partial charge in [-0.15, -0.1) is 0 Å². The van der Waals surface area contributed by atoms with E-state index in [9.17, 15) is 9.59 Å². The molecule has 1 atom stereocenters. The lowest BCUT2D eigenvalue weighted by molar-refractivity contribution is -0.129. The van der Waals surface area contributed by atoms with Crippen LogP contribution in [0.4, 0.5) is 0 Å². The SMILES string of the molecule is CC[C@H](Cn1ncc2ccccc2c1=O)NC(=O)C1(c2ccc(OC)cc2)CCCCC1. The first kappa shape index (κ1) is 22.1. The van der Waals surface area contributed by atoms with Gasteiger partial charge in [0.2, 0.25) is 5.91 Å². The molecule has 32 heavy (non-hydrogen) atoms. The smallest absolute Gasteiger partial charge is 0.274 e. The maximum absolute atomic E-state index is 13.7. The molecule has 1 amide bonds. The van der Waals surface area contributed by atoms with Crippen molar-refractivity contribution < 1.29 is 9.53 Å². The average Bonchev–Trinajstić information content (AvgIpc) is 2.85. The van der Waals surface area contributed by atoms with Crippen molar-refractivity contribution in [1.29, 1.82) is 0 Å². The number of hydrogen-bond acceptors (Lipinski definition) is 4. The molecule has 3 aromatic rings. The van der Waals surface area contributed by atoms with E-state index < -0.39 is 5.41 Å². The summed E-state index contributed by atoms with van der Waals surface area (Å²) in [6.07, 6.45) is 7.30. The van der Waals surface area contributed by atoms with Crippen molar-refractivity contribution in [2.75, 3.05) is 7.11 Å². The van der Waals surface area contributed by atoms with Crippen LogP contribution >= 0.6 is 0 Å². The molecule has 2 aromatic carbocycles. The normalized spacial score (nSPS) is 16.4. The molecule has 1 aromatic heterocycles. The van der Waals surface area contributed by atoms with Crippen LogP contribution in [0.3, 0.4) is 0 Å². The van der Waals surface area contributed by atoms with Crippen molar-refractivity contribution >= 4 is 16.7 Å². The summed E-state index contributed by atoms with van der Waals surface area (Å²) in [6, 6.07) is 15.2. The highest BCUT2D eigenvalue weighted by Gasteiger charge is 2.41. The number of fused-ring (bicyclic) bond motifs is 1. The lowest BCUT2D eigenvalue weighted by Gasteiger charge is -2.37. The number of rotatable bonds is 7. The number of ether oxygens (including phenoxy) is 1. The number of carbonyl (C=O) groups is 1. The molecule has 0 spiro atoms. The molecule has 1 aliphatic carbocycles. The van der Waals surface area contributed by atoms with Crippen LogP contribution in [0.2, 0.25) is 0 Å². The molecule has 6 heteroatoms. The molecular weight excluding hydrogens is 402 g/mol. The van der Waals surface area contributed by atoms with Gasteiger partial charge in [0.25, 0.3) is 5.56 Å². The van der Waals surface area contributed by atoms with Gasteiger partial charge >= 0.3 is 0 Å².